The predicted molar refractivity (Wildman–Crippen MR) is 106 cm³/mol. The Morgan fingerprint density at radius 3 is 2.81 bits per heavy atom. The molecule has 1 aromatic heterocycles. The first-order valence-electron chi connectivity index (χ1n) is 7.93. The summed E-state index contributed by atoms with van der Waals surface area (Å²) in [7, 11) is 0. The molecule has 2 aromatic carbocycles. The van der Waals surface area contributed by atoms with Crippen molar-refractivity contribution in [3.05, 3.63) is 50.7 Å². The topological polar surface area (TPSA) is 52.8 Å². The lowest BCUT2D eigenvalue weighted by molar-refractivity contribution is -0.117. The van der Waals surface area contributed by atoms with Gasteiger partial charge in [-0.25, -0.2) is 0 Å². The van der Waals surface area contributed by atoms with Gasteiger partial charge in [0.25, 0.3) is 5.91 Å². The molecule has 0 atom stereocenters. The molecule has 136 valence electrons. The summed E-state index contributed by atoms with van der Waals surface area (Å²) in [6.07, 6.45) is 5.61. The molecule has 5 nitrogen and oxygen atoms in total. The Hall–Kier alpha value is -2.46. The summed E-state index contributed by atoms with van der Waals surface area (Å²) in [5.41, 5.74) is 1.47. The first-order chi connectivity index (χ1) is 13.1. The van der Waals surface area contributed by atoms with Crippen LogP contribution in [-0.2, 0) is 17.8 Å². The van der Waals surface area contributed by atoms with Crippen LogP contribution in [0.1, 0.15) is 5.56 Å². The molecule has 27 heavy (non-hydrogen) atoms. The molecule has 3 aromatic rings. The highest BCUT2D eigenvalue weighted by Crippen LogP contribution is 2.33. The highest BCUT2D eigenvalue weighted by atomic mass is 35.5. The molecule has 0 radical (unpaired) electrons. The van der Waals surface area contributed by atoms with E-state index in [1.165, 1.54) is 11.3 Å². The number of halogens is 2. The van der Waals surface area contributed by atoms with Gasteiger partial charge in [-0.05, 0) is 29.8 Å². The molecule has 0 unspecified atom stereocenters. The SMILES string of the molecule is C#CCn1c(=NC(=O)Cc2ccc3c(c2)OCO3)sc2c(Cl)ccc(Cl)c21. The average Bonchev–Trinajstić information content (AvgIpc) is 3.24. The normalized spacial score (nSPS) is 13.1. The second kappa shape index (κ2) is 7.28. The van der Waals surface area contributed by atoms with Crippen LogP contribution in [0.4, 0.5) is 0 Å². The van der Waals surface area contributed by atoms with Gasteiger partial charge in [-0.1, -0.05) is 46.5 Å². The molecule has 8 heteroatoms. The van der Waals surface area contributed by atoms with Crippen molar-refractivity contribution >= 4 is 50.7 Å². The van der Waals surface area contributed by atoms with Gasteiger partial charge in [0.05, 0.1) is 33.2 Å². The quantitative estimate of drug-likeness (QED) is 0.603. The van der Waals surface area contributed by atoms with Gasteiger partial charge < -0.3 is 14.0 Å². The first-order valence-corrected chi connectivity index (χ1v) is 9.51. The van der Waals surface area contributed by atoms with Crippen LogP contribution < -0.4 is 14.3 Å². The number of rotatable bonds is 3. The largest absolute Gasteiger partial charge is 0.454 e. The smallest absolute Gasteiger partial charge is 0.252 e. The molecule has 0 N–H and O–H groups in total. The molecule has 1 aliphatic rings. The van der Waals surface area contributed by atoms with Crippen molar-refractivity contribution in [2.75, 3.05) is 6.79 Å². The van der Waals surface area contributed by atoms with Gasteiger partial charge in [-0.2, -0.15) is 4.99 Å². The zero-order chi connectivity index (χ0) is 19.0. The van der Waals surface area contributed by atoms with Crippen molar-refractivity contribution in [1.29, 1.82) is 0 Å². The molecule has 1 aliphatic heterocycles. The van der Waals surface area contributed by atoms with E-state index in [4.69, 9.17) is 39.1 Å². The van der Waals surface area contributed by atoms with Crippen molar-refractivity contribution < 1.29 is 14.3 Å². The van der Waals surface area contributed by atoms with Crippen molar-refractivity contribution in [2.24, 2.45) is 4.99 Å². The minimum Gasteiger partial charge on any atom is -0.454 e. The Morgan fingerprint density at radius 2 is 2.00 bits per heavy atom. The zero-order valence-electron chi connectivity index (χ0n) is 13.9. The van der Waals surface area contributed by atoms with Gasteiger partial charge in [0.15, 0.2) is 16.3 Å². The van der Waals surface area contributed by atoms with E-state index < -0.39 is 0 Å². The lowest BCUT2D eigenvalue weighted by atomic mass is 10.1. The van der Waals surface area contributed by atoms with E-state index in [1.54, 1.807) is 28.8 Å². The summed E-state index contributed by atoms with van der Waals surface area (Å²) >= 11 is 13.9. The Kier molecular flexibility index (Phi) is 4.83. The minimum atomic E-state index is -0.307. The zero-order valence-corrected chi connectivity index (χ0v) is 16.2. The number of fused-ring (bicyclic) bond motifs is 2. The summed E-state index contributed by atoms with van der Waals surface area (Å²) in [5, 5.41) is 1.04. The summed E-state index contributed by atoms with van der Waals surface area (Å²) < 4.78 is 13.1. The van der Waals surface area contributed by atoms with E-state index in [2.05, 4.69) is 10.9 Å². The third-order valence-corrected chi connectivity index (χ3v) is 5.83. The lowest BCUT2D eigenvalue weighted by Gasteiger charge is -2.03. The van der Waals surface area contributed by atoms with Crippen molar-refractivity contribution in [3.63, 3.8) is 0 Å². The summed E-state index contributed by atoms with van der Waals surface area (Å²) in [6, 6.07) is 8.78. The molecule has 0 saturated heterocycles. The van der Waals surface area contributed by atoms with Crippen LogP contribution in [-0.4, -0.2) is 17.3 Å². The van der Waals surface area contributed by atoms with Gasteiger partial charge in [0.2, 0.25) is 6.79 Å². The number of hydrogen-bond acceptors (Lipinski definition) is 4. The molecule has 4 rings (SSSR count). The Bertz CT molecular complexity index is 1170. The molecule has 0 spiro atoms. The number of benzene rings is 2. The molecule has 1 amide bonds. The number of thiazole rings is 1. The Balaban J connectivity index is 1.72. The number of terminal acetylenes is 1. The maximum Gasteiger partial charge on any atom is 0.252 e. The third-order valence-electron chi connectivity index (χ3n) is 3.99. The highest BCUT2D eigenvalue weighted by Gasteiger charge is 2.16. The van der Waals surface area contributed by atoms with E-state index in [9.17, 15) is 4.79 Å². The maximum atomic E-state index is 12.5. The van der Waals surface area contributed by atoms with Crippen molar-refractivity contribution in [1.82, 2.24) is 4.57 Å². The van der Waals surface area contributed by atoms with E-state index in [1.807, 2.05) is 6.07 Å². The van der Waals surface area contributed by atoms with Crippen LogP contribution in [0.15, 0.2) is 35.3 Å². The average molecular weight is 419 g/mol. The van der Waals surface area contributed by atoms with Gasteiger partial charge >= 0.3 is 0 Å². The Labute approximate surface area is 168 Å². The van der Waals surface area contributed by atoms with Crippen LogP contribution in [0.25, 0.3) is 10.2 Å². The monoisotopic (exact) mass is 418 g/mol. The van der Waals surface area contributed by atoms with E-state index >= 15 is 0 Å². The fourth-order valence-electron chi connectivity index (χ4n) is 2.81. The fraction of sp³-hybridized carbons (Fsp3) is 0.158. The number of carbonyl (C=O) groups excluding carboxylic acids is 1. The molecule has 0 saturated carbocycles. The van der Waals surface area contributed by atoms with Crippen LogP contribution in [0.3, 0.4) is 0 Å². The molecule has 2 heterocycles. The van der Waals surface area contributed by atoms with E-state index in [0.29, 0.717) is 31.9 Å². The van der Waals surface area contributed by atoms with Crippen LogP contribution in [0.2, 0.25) is 10.0 Å². The second-order valence-electron chi connectivity index (χ2n) is 5.75. The third kappa shape index (κ3) is 3.42. The van der Waals surface area contributed by atoms with Crippen molar-refractivity contribution in [2.45, 2.75) is 13.0 Å². The number of ether oxygens (including phenoxy) is 2. The number of amides is 1. The molecule has 0 bridgehead atoms. The van der Waals surface area contributed by atoms with Gasteiger partial charge in [0.1, 0.15) is 0 Å². The summed E-state index contributed by atoms with van der Waals surface area (Å²) in [5.74, 6) is 3.56. The molecule has 0 aliphatic carbocycles. The molecular weight excluding hydrogens is 407 g/mol. The van der Waals surface area contributed by atoms with Crippen molar-refractivity contribution in [3.8, 4) is 23.8 Å². The predicted octanol–water partition coefficient (Wildman–Crippen LogP) is 4.04. The standard InChI is InChI=1S/C19H12Cl2N2O3S/c1-2-7-23-17-12(20)4-5-13(21)18(17)27-19(23)22-16(24)9-11-3-6-14-15(8-11)26-10-25-14/h1,3-6,8H,7,9-10H2. The minimum absolute atomic E-state index is 0.127. The lowest BCUT2D eigenvalue weighted by Crippen LogP contribution is -2.17. The van der Waals surface area contributed by atoms with Gasteiger partial charge in [-0.15, -0.1) is 6.42 Å². The summed E-state index contributed by atoms with van der Waals surface area (Å²) in [6.45, 7) is 0.419. The van der Waals surface area contributed by atoms with Gasteiger partial charge in [0, 0.05) is 0 Å². The van der Waals surface area contributed by atoms with Gasteiger partial charge in [-0.3, -0.25) is 4.79 Å². The van der Waals surface area contributed by atoms with Crippen LogP contribution in [0.5, 0.6) is 11.5 Å². The Morgan fingerprint density at radius 1 is 1.22 bits per heavy atom. The number of aromatic nitrogens is 1. The fourth-order valence-corrected chi connectivity index (χ4v) is 4.47. The number of hydrogen-bond donors (Lipinski definition) is 0. The maximum absolute atomic E-state index is 12.5. The highest BCUT2D eigenvalue weighted by molar-refractivity contribution is 7.17. The summed E-state index contributed by atoms with van der Waals surface area (Å²) in [4.78, 5) is 17.2. The number of carbonyl (C=O) groups is 1. The van der Waals surface area contributed by atoms with E-state index in [-0.39, 0.29) is 25.7 Å². The van der Waals surface area contributed by atoms with Crippen LogP contribution >= 0.6 is 34.5 Å². The number of nitrogens with zero attached hydrogens (tertiary/aromatic N) is 2. The second-order valence-corrected chi connectivity index (χ2v) is 7.54. The molecule has 0 fully saturated rings. The first kappa shape index (κ1) is 17.9. The van der Waals surface area contributed by atoms with Crippen LogP contribution in [0, 0.1) is 12.3 Å². The van der Waals surface area contributed by atoms with E-state index in [0.717, 1.165) is 10.3 Å². The molecular formula is C19H12Cl2N2O3S.